The van der Waals surface area contributed by atoms with Gasteiger partial charge in [-0.25, -0.2) is 0 Å². The maximum atomic E-state index is 2.38. The molecule has 0 aliphatic heterocycles. The van der Waals surface area contributed by atoms with E-state index in [2.05, 4.69) is 191 Å². The van der Waals surface area contributed by atoms with Crippen LogP contribution in [0.1, 0.15) is 0 Å². The quantitative estimate of drug-likeness (QED) is 0.181. The minimum absolute atomic E-state index is 1.11. The normalized spacial score (nSPS) is 11.7. The van der Waals surface area contributed by atoms with Crippen molar-refractivity contribution >= 4 is 81.1 Å². The number of fused-ring (bicyclic) bond motifs is 7. The molecule has 10 rings (SSSR count). The summed E-state index contributed by atoms with van der Waals surface area (Å²) in [5.41, 5.74) is 9.41. The summed E-state index contributed by atoms with van der Waals surface area (Å²) in [5, 5.41) is 7.68. The minimum atomic E-state index is 1.11. The molecule has 49 heavy (non-hydrogen) atoms. The van der Waals surface area contributed by atoms with E-state index in [9.17, 15) is 0 Å². The van der Waals surface area contributed by atoms with Crippen LogP contribution in [0.2, 0.25) is 0 Å². The van der Waals surface area contributed by atoms with Crippen molar-refractivity contribution in [2.75, 3.05) is 4.90 Å². The van der Waals surface area contributed by atoms with Crippen LogP contribution in [0, 0.1) is 0 Å². The molecule has 0 aliphatic carbocycles. The van der Waals surface area contributed by atoms with Crippen molar-refractivity contribution < 1.29 is 0 Å². The summed E-state index contributed by atoms with van der Waals surface area (Å²) in [7, 11) is 0. The number of hydrogen-bond donors (Lipinski definition) is 0. The molecule has 0 radical (unpaired) electrons. The van der Waals surface area contributed by atoms with Crippen molar-refractivity contribution in [1.29, 1.82) is 0 Å². The second-order valence-corrected chi connectivity index (χ2v) is 13.7. The monoisotopic (exact) mass is 642 g/mol. The Kier molecular flexibility index (Phi) is 6.39. The van der Waals surface area contributed by atoms with Gasteiger partial charge in [0.25, 0.3) is 0 Å². The third kappa shape index (κ3) is 4.55. The predicted molar refractivity (Wildman–Crippen MR) is 211 cm³/mol. The summed E-state index contributed by atoms with van der Waals surface area (Å²) in [6.45, 7) is 0. The SMILES string of the molecule is c1ccc2c(-c3ccc(N(c4ccc(-n5c6ccccc6c6ccccc65)cc4)c4ccc5c(c4)sc4ccccc45)cc3)cccc2c1. The topological polar surface area (TPSA) is 8.17 Å². The van der Waals surface area contributed by atoms with Crippen LogP contribution in [0.3, 0.4) is 0 Å². The van der Waals surface area contributed by atoms with Crippen molar-refractivity contribution in [3.8, 4) is 16.8 Å². The smallest absolute Gasteiger partial charge is 0.0541 e. The van der Waals surface area contributed by atoms with E-state index in [4.69, 9.17) is 0 Å². The second-order valence-electron chi connectivity index (χ2n) is 12.6. The van der Waals surface area contributed by atoms with Crippen LogP contribution in [-0.2, 0) is 0 Å². The van der Waals surface area contributed by atoms with E-state index in [1.807, 2.05) is 11.3 Å². The molecule has 0 N–H and O–H groups in total. The fourth-order valence-corrected chi connectivity index (χ4v) is 8.66. The van der Waals surface area contributed by atoms with Crippen LogP contribution in [-0.4, -0.2) is 4.57 Å². The van der Waals surface area contributed by atoms with Gasteiger partial charge in [-0.05, 0) is 88.6 Å². The van der Waals surface area contributed by atoms with Crippen LogP contribution in [0.25, 0.3) is 69.6 Å². The summed E-state index contributed by atoms with van der Waals surface area (Å²) >= 11 is 1.86. The number of benzene rings is 8. The molecule has 0 spiro atoms. The van der Waals surface area contributed by atoms with Crippen LogP contribution < -0.4 is 4.90 Å². The van der Waals surface area contributed by atoms with Crippen LogP contribution in [0.4, 0.5) is 17.1 Å². The first-order valence-corrected chi connectivity index (χ1v) is 17.5. The lowest BCUT2D eigenvalue weighted by Crippen LogP contribution is -2.10. The first kappa shape index (κ1) is 27.9. The molecule has 3 heteroatoms. The van der Waals surface area contributed by atoms with Crippen molar-refractivity contribution in [3.05, 3.63) is 182 Å². The second kappa shape index (κ2) is 11.2. The van der Waals surface area contributed by atoms with E-state index >= 15 is 0 Å². The Labute approximate surface area is 288 Å². The van der Waals surface area contributed by atoms with Gasteiger partial charge in [-0.2, -0.15) is 0 Å². The standard InChI is InChI=1S/C46H30N2S/c1-2-12-37-31(10-1)11-9-16-38(37)32-20-22-33(23-21-32)47(36-28-29-42-41-15-5-8-19-45(41)49-46(42)30-36)34-24-26-35(27-25-34)48-43-17-6-3-13-39(43)40-14-4-7-18-44(40)48/h1-30H. The van der Waals surface area contributed by atoms with Crippen molar-refractivity contribution in [3.63, 3.8) is 0 Å². The highest BCUT2D eigenvalue weighted by molar-refractivity contribution is 7.25. The van der Waals surface area contributed by atoms with Gasteiger partial charge in [-0.15, -0.1) is 11.3 Å². The van der Waals surface area contributed by atoms with Gasteiger partial charge in [0.05, 0.1) is 11.0 Å². The first-order chi connectivity index (χ1) is 24.3. The average molecular weight is 643 g/mol. The lowest BCUT2D eigenvalue weighted by molar-refractivity contribution is 1.17. The number of nitrogens with zero attached hydrogens (tertiary/aromatic N) is 2. The number of rotatable bonds is 5. The maximum Gasteiger partial charge on any atom is 0.0541 e. The number of para-hydroxylation sites is 2. The summed E-state index contributed by atoms with van der Waals surface area (Å²) in [6, 6.07) is 66.2. The molecule has 2 aromatic heterocycles. The first-order valence-electron chi connectivity index (χ1n) is 16.7. The number of anilines is 3. The fourth-order valence-electron chi connectivity index (χ4n) is 7.52. The summed E-state index contributed by atoms with van der Waals surface area (Å²) in [4.78, 5) is 2.38. The third-order valence-electron chi connectivity index (χ3n) is 9.79. The Bertz CT molecular complexity index is 2760. The highest BCUT2D eigenvalue weighted by Gasteiger charge is 2.17. The average Bonchev–Trinajstić information content (AvgIpc) is 3.71. The Hall–Kier alpha value is -6.16. The zero-order valence-corrected chi connectivity index (χ0v) is 27.4. The third-order valence-corrected chi connectivity index (χ3v) is 10.9. The lowest BCUT2D eigenvalue weighted by Gasteiger charge is -2.26. The van der Waals surface area contributed by atoms with E-state index < -0.39 is 0 Å². The zero-order chi connectivity index (χ0) is 32.3. The molecule has 0 atom stereocenters. The molecule has 0 fully saturated rings. The van der Waals surface area contributed by atoms with Crippen LogP contribution in [0.5, 0.6) is 0 Å². The summed E-state index contributed by atoms with van der Waals surface area (Å²) in [6.07, 6.45) is 0. The molecule has 0 bridgehead atoms. The highest BCUT2D eigenvalue weighted by Crippen LogP contribution is 2.42. The Balaban J connectivity index is 1.11. The maximum absolute atomic E-state index is 2.38. The van der Waals surface area contributed by atoms with E-state index in [0.29, 0.717) is 0 Å². The van der Waals surface area contributed by atoms with Crippen molar-refractivity contribution in [2.45, 2.75) is 0 Å². The molecule has 10 aromatic rings. The predicted octanol–water partition coefficient (Wildman–Crippen LogP) is 13.4. The van der Waals surface area contributed by atoms with Gasteiger partial charge in [0.15, 0.2) is 0 Å². The number of aromatic nitrogens is 1. The minimum Gasteiger partial charge on any atom is -0.310 e. The summed E-state index contributed by atoms with van der Waals surface area (Å²) < 4.78 is 4.98. The van der Waals surface area contributed by atoms with Crippen molar-refractivity contribution in [2.24, 2.45) is 0 Å². The molecule has 8 aromatic carbocycles. The van der Waals surface area contributed by atoms with E-state index in [1.54, 1.807) is 0 Å². The molecule has 0 amide bonds. The highest BCUT2D eigenvalue weighted by atomic mass is 32.1. The van der Waals surface area contributed by atoms with Gasteiger partial charge < -0.3 is 9.47 Å². The van der Waals surface area contributed by atoms with Crippen molar-refractivity contribution in [1.82, 2.24) is 4.57 Å². The van der Waals surface area contributed by atoms with Gasteiger partial charge in [-0.3, -0.25) is 0 Å². The molecule has 0 saturated carbocycles. The molecule has 0 saturated heterocycles. The Morgan fingerprint density at radius 1 is 0.388 bits per heavy atom. The molecular weight excluding hydrogens is 613 g/mol. The van der Waals surface area contributed by atoms with Gasteiger partial charge in [0, 0.05) is 53.7 Å². The number of thiophene rings is 1. The Morgan fingerprint density at radius 2 is 0.939 bits per heavy atom. The molecule has 2 heterocycles. The van der Waals surface area contributed by atoms with Crippen LogP contribution >= 0.6 is 11.3 Å². The summed E-state index contributed by atoms with van der Waals surface area (Å²) in [5.74, 6) is 0. The molecule has 0 unspecified atom stereocenters. The largest absolute Gasteiger partial charge is 0.310 e. The Morgan fingerprint density at radius 3 is 1.67 bits per heavy atom. The molecule has 230 valence electrons. The number of hydrogen-bond acceptors (Lipinski definition) is 2. The van der Waals surface area contributed by atoms with Crippen LogP contribution in [0.15, 0.2) is 182 Å². The van der Waals surface area contributed by atoms with E-state index in [-0.39, 0.29) is 0 Å². The van der Waals surface area contributed by atoms with Gasteiger partial charge in [0.1, 0.15) is 0 Å². The van der Waals surface area contributed by atoms with Gasteiger partial charge >= 0.3 is 0 Å². The van der Waals surface area contributed by atoms with Gasteiger partial charge in [0.2, 0.25) is 0 Å². The fraction of sp³-hybridized carbons (Fsp3) is 0. The molecular formula is C46H30N2S. The molecule has 0 aliphatic rings. The molecule has 2 nitrogen and oxygen atoms in total. The van der Waals surface area contributed by atoms with Gasteiger partial charge in [-0.1, -0.05) is 115 Å². The van der Waals surface area contributed by atoms with E-state index in [0.717, 1.165) is 22.7 Å². The van der Waals surface area contributed by atoms with E-state index in [1.165, 1.54) is 63.9 Å². The zero-order valence-electron chi connectivity index (χ0n) is 26.6. The lowest BCUT2D eigenvalue weighted by atomic mass is 9.98.